The SMILES string of the molecule is CNCCN(C(C)C)C1CCCC1. The van der Waals surface area contributed by atoms with Crippen molar-refractivity contribution in [2.75, 3.05) is 20.1 Å². The summed E-state index contributed by atoms with van der Waals surface area (Å²) in [6.07, 6.45) is 5.71. The van der Waals surface area contributed by atoms with Crippen LogP contribution in [0.1, 0.15) is 39.5 Å². The normalized spacial score (nSPS) is 19.2. The molecule has 1 aliphatic carbocycles. The minimum absolute atomic E-state index is 0.705. The minimum Gasteiger partial charge on any atom is -0.318 e. The standard InChI is InChI=1S/C11H24N2/c1-10(2)13(9-8-12-3)11-6-4-5-7-11/h10-12H,4-9H2,1-3H3. The fourth-order valence-electron chi connectivity index (χ4n) is 2.34. The summed E-state index contributed by atoms with van der Waals surface area (Å²) in [5.74, 6) is 0. The van der Waals surface area contributed by atoms with Crippen molar-refractivity contribution in [3.05, 3.63) is 0 Å². The zero-order valence-corrected chi connectivity index (χ0v) is 9.34. The van der Waals surface area contributed by atoms with Gasteiger partial charge in [0.25, 0.3) is 0 Å². The quantitative estimate of drug-likeness (QED) is 0.701. The maximum absolute atomic E-state index is 3.23. The predicted molar refractivity (Wildman–Crippen MR) is 58.0 cm³/mol. The monoisotopic (exact) mass is 184 g/mol. The van der Waals surface area contributed by atoms with E-state index in [9.17, 15) is 0 Å². The van der Waals surface area contributed by atoms with Gasteiger partial charge >= 0.3 is 0 Å². The number of rotatable bonds is 5. The summed E-state index contributed by atoms with van der Waals surface area (Å²) in [6, 6.07) is 1.57. The van der Waals surface area contributed by atoms with Gasteiger partial charge in [-0.05, 0) is 33.7 Å². The highest BCUT2D eigenvalue weighted by Crippen LogP contribution is 2.24. The largest absolute Gasteiger partial charge is 0.318 e. The van der Waals surface area contributed by atoms with E-state index in [1.54, 1.807) is 0 Å². The van der Waals surface area contributed by atoms with Crippen molar-refractivity contribution in [1.82, 2.24) is 10.2 Å². The maximum atomic E-state index is 3.23. The van der Waals surface area contributed by atoms with Gasteiger partial charge in [-0.1, -0.05) is 12.8 Å². The van der Waals surface area contributed by atoms with Crippen LogP contribution in [-0.4, -0.2) is 37.1 Å². The molecule has 1 aliphatic rings. The molecule has 1 N–H and O–H groups in total. The highest BCUT2D eigenvalue weighted by Gasteiger charge is 2.23. The molecule has 0 amide bonds. The number of nitrogens with one attached hydrogen (secondary N) is 1. The Hall–Kier alpha value is -0.0800. The molecule has 1 saturated carbocycles. The molecular formula is C11H24N2. The number of nitrogens with zero attached hydrogens (tertiary/aromatic N) is 1. The van der Waals surface area contributed by atoms with Gasteiger partial charge in [0.15, 0.2) is 0 Å². The Morgan fingerprint density at radius 1 is 1.31 bits per heavy atom. The highest BCUT2D eigenvalue weighted by atomic mass is 15.2. The molecule has 0 radical (unpaired) electrons. The zero-order valence-electron chi connectivity index (χ0n) is 9.34. The second kappa shape index (κ2) is 5.61. The Balaban J connectivity index is 2.36. The second-order valence-corrected chi connectivity index (χ2v) is 4.37. The third kappa shape index (κ3) is 3.28. The highest BCUT2D eigenvalue weighted by molar-refractivity contribution is 4.79. The van der Waals surface area contributed by atoms with Gasteiger partial charge in [0.05, 0.1) is 0 Å². The molecule has 2 nitrogen and oxygen atoms in total. The molecule has 0 spiro atoms. The van der Waals surface area contributed by atoms with Crippen LogP contribution in [0.15, 0.2) is 0 Å². The van der Waals surface area contributed by atoms with Gasteiger partial charge in [0.1, 0.15) is 0 Å². The molecule has 78 valence electrons. The number of likely N-dealkylation sites (N-methyl/N-ethyl adjacent to an activating group) is 1. The zero-order chi connectivity index (χ0) is 9.68. The van der Waals surface area contributed by atoms with E-state index in [-0.39, 0.29) is 0 Å². The number of hydrogen-bond donors (Lipinski definition) is 1. The van der Waals surface area contributed by atoms with Crippen LogP contribution in [0.3, 0.4) is 0 Å². The maximum Gasteiger partial charge on any atom is 0.0112 e. The van der Waals surface area contributed by atoms with E-state index in [0.717, 1.165) is 12.6 Å². The van der Waals surface area contributed by atoms with Crippen LogP contribution >= 0.6 is 0 Å². The molecule has 0 heterocycles. The Bertz CT molecular complexity index is 128. The van der Waals surface area contributed by atoms with E-state index in [1.807, 2.05) is 7.05 Å². The van der Waals surface area contributed by atoms with Crippen LogP contribution in [-0.2, 0) is 0 Å². The molecule has 1 fully saturated rings. The molecule has 0 aliphatic heterocycles. The fraction of sp³-hybridized carbons (Fsp3) is 1.00. The van der Waals surface area contributed by atoms with Gasteiger partial charge < -0.3 is 5.32 Å². The van der Waals surface area contributed by atoms with E-state index >= 15 is 0 Å². The van der Waals surface area contributed by atoms with E-state index in [2.05, 4.69) is 24.1 Å². The van der Waals surface area contributed by atoms with Crippen molar-refractivity contribution >= 4 is 0 Å². The van der Waals surface area contributed by atoms with E-state index in [0.29, 0.717) is 6.04 Å². The van der Waals surface area contributed by atoms with Crippen LogP contribution in [0.5, 0.6) is 0 Å². The predicted octanol–water partition coefficient (Wildman–Crippen LogP) is 1.86. The molecular weight excluding hydrogens is 160 g/mol. The topological polar surface area (TPSA) is 15.3 Å². The molecule has 0 aromatic heterocycles. The average Bonchev–Trinajstić information content (AvgIpc) is 2.57. The first kappa shape index (κ1) is 11.0. The van der Waals surface area contributed by atoms with Crippen LogP contribution in [0.4, 0.5) is 0 Å². The van der Waals surface area contributed by atoms with Gasteiger partial charge in [0, 0.05) is 25.2 Å². The number of hydrogen-bond acceptors (Lipinski definition) is 2. The molecule has 1 rings (SSSR count). The van der Waals surface area contributed by atoms with Gasteiger partial charge in [-0.3, -0.25) is 4.90 Å². The summed E-state index contributed by atoms with van der Waals surface area (Å²) < 4.78 is 0. The summed E-state index contributed by atoms with van der Waals surface area (Å²) in [7, 11) is 2.03. The lowest BCUT2D eigenvalue weighted by atomic mass is 10.1. The van der Waals surface area contributed by atoms with Crippen molar-refractivity contribution in [3.8, 4) is 0 Å². The second-order valence-electron chi connectivity index (χ2n) is 4.37. The van der Waals surface area contributed by atoms with Crippen LogP contribution in [0.25, 0.3) is 0 Å². The van der Waals surface area contributed by atoms with Crippen molar-refractivity contribution in [2.24, 2.45) is 0 Å². The molecule has 0 aromatic rings. The van der Waals surface area contributed by atoms with Gasteiger partial charge in [0.2, 0.25) is 0 Å². The van der Waals surface area contributed by atoms with Gasteiger partial charge in [-0.25, -0.2) is 0 Å². The van der Waals surface area contributed by atoms with Gasteiger partial charge in [-0.2, -0.15) is 0 Å². The third-order valence-corrected chi connectivity index (χ3v) is 3.08. The average molecular weight is 184 g/mol. The molecule has 13 heavy (non-hydrogen) atoms. The summed E-state index contributed by atoms with van der Waals surface area (Å²) in [5.41, 5.74) is 0. The van der Waals surface area contributed by atoms with Crippen molar-refractivity contribution in [1.29, 1.82) is 0 Å². The van der Waals surface area contributed by atoms with Crippen LogP contribution in [0.2, 0.25) is 0 Å². The fourth-order valence-corrected chi connectivity index (χ4v) is 2.34. The Kier molecular flexibility index (Phi) is 4.74. The molecule has 0 saturated heterocycles. The molecule has 0 aromatic carbocycles. The first-order valence-electron chi connectivity index (χ1n) is 5.66. The first-order valence-corrected chi connectivity index (χ1v) is 5.66. The van der Waals surface area contributed by atoms with E-state index < -0.39 is 0 Å². The summed E-state index contributed by atoms with van der Waals surface area (Å²) in [4.78, 5) is 2.66. The van der Waals surface area contributed by atoms with E-state index in [1.165, 1.54) is 32.2 Å². The van der Waals surface area contributed by atoms with Gasteiger partial charge in [-0.15, -0.1) is 0 Å². The van der Waals surface area contributed by atoms with Crippen LogP contribution in [0, 0.1) is 0 Å². The smallest absolute Gasteiger partial charge is 0.0112 e. The Morgan fingerprint density at radius 3 is 2.38 bits per heavy atom. The lowest BCUT2D eigenvalue weighted by molar-refractivity contribution is 0.157. The Morgan fingerprint density at radius 2 is 1.92 bits per heavy atom. The molecule has 0 bridgehead atoms. The lowest BCUT2D eigenvalue weighted by Gasteiger charge is -2.32. The van der Waals surface area contributed by atoms with Crippen molar-refractivity contribution in [2.45, 2.75) is 51.6 Å². The summed E-state index contributed by atoms with van der Waals surface area (Å²) in [5, 5.41) is 3.23. The first-order chi connectivity index (χ1) is 6.25. The Labute approximate surface area is 82.7 Å². The van der Waals surface area contributed by atoms with Crippen molar-refractivity contribution in [3.63, 3.8) is 0 Å². The lowest BCUT2D eigenvalue weighted by Crippen LogP contribution is -2.42. The summed E-state index contributed by atoms with van der Waals surface area (Å²) in [6.45, 7) is 6.95. The van der Waals surface area contributed by atoms with E-state index in [4.69, 9.17) is 0 Å². The molecule has 2 heteroatoms. The molecule has 0 atom stereocenters. The van der Waals surface area contributed by atoms with Crippen molar-refractivity contribution < 1.29 is 0 Å². The molecule has 0 unspecified atom stereocenters. The van der Waals surface area contributed by atoms with Crippen LogP contribution < -0.4 is 5.32 Å². The third-order valence-electron chi connectivity index (χ3n) is 3.08. The summed E-state index contributed by atoms with van der Waals surface area (Å²) >= 11 is 0. The minimum atomic E-state index is 0.705.